The molecule has 3 N–H and O–H groups in total. The van der Waals surface area contributed by atoms with Gasteiger partial charge in [-0.1, -0.05) is 6.92 Å². The molecule has 5 heteroatoms. The number of guanidine groups is 1. The summed E-state index contributed by atoms with van der Waals surface area (Å²) in [5.41, 5.74) is 2.70. The first-order valence-corrected chi connectivity index (χ1v) is 6.03. The van der Waals surface area contributed by atoms with Crippen molar-refractivity contribution in [1.82, 2.24) is 10.3 Å². The average molecular weight is 228 g/mol. The molecule has 0 aromatic carbocycles. The maximum Gasteiger partial charge on any atom is 0.208 e. The summed E-state index contributed by atoms with van der Waals surface area (Å²) in [4.78, 5) is 6.70. The van der Waals surface area contributed by atoms with Crippen LogP contribution in [-0.2, 0) is 4.74 Å². The van der Waals surface area contributed by atoms with Crippen LogP contribution in [0.25, 0.3) is 0 Å². The average Bonchev–Trinajstić information content (AvgIpc) is 2.29. The number of aliphatic imine (C=N–C) groups is 1. The summed E-state index contributed by atoms with van der Waals surface area (Å²) in [6, 6.07) is 0. The first-order valence-electron chi connectivity index (χ1n) is 6.03. The summed E-state index contributed by atoms with van der Waals surface area (Å²) in [6.07, 6.45) is 3.46. The number of nitrogens with zero attached hydrogens (tertiary/aromatic N) is 2. The van der Waals surface area contributed by atoms with Crippen LogP contribution in [0.15, 0.2) is 4.99 Å². The van der Waals surface area contributed by atoms with E-state index < -0.39 is 0 Å². The lowest BCUT2D eigenvalue weighted by Gasteiger charge is -2.32. The Hall–Kier alpha value is -0.810. The zero-order valence-electron chi connectivity index (χ0n) is 10.4. The molecule has 16 heavy (non-hydrogen) atoms. The van der Waals surface area contributed by atoms with Gasteiger partial charge in [-0.2, -0.15) is 0 Å². The van der Waals surface area contributed by atoms with E-state index >= 15 is 0 Å². The van der Waals surface area contributed by atoms with Gasteiger partial charge in [0.15, 0.2) is 0 Å². The third-order valence-electron chi connectivity index (χ3n) is 2.85. The summed E-state index contributed by atoms with van der Waals surface area (Å²) >= 11 is 0. The van der Waals surface area contributed by atoms with E-state index in [4.69, 9.17) is 10.6 Å². The zero-order chi connectivity index (χ0) is 11.8. The summed E-state index contributed by atoms with van der Waals surface area (Å²) < 4.78 is 4.99. The zero-order valence-corrected chi connectivity index (χ0v) is 10.4. The van der Waals surface area contributed by atoms with Crippen molar-refractivity contribution < 1.29 is 4.74 Å². The second kappa shape index (κ2) is 7.46. The number of hydrogen-bond donors (Lipinski definition) is 2. The van der Waals surface area contributed by atoms with Crippen LogP contribution >= 0.6 is 0 Å². The second-order valence-electron chi connectivity index (χ2n) is 4.39. The van der Waals surface area contributed by atoms with Gasteiger partial charge < -0.3 is 9.64 Å². The molecule has 0 amide bonds. The Labute approximate surface area is 98.0 Å². The number of nitrogens with one attached hydrogen (secondary N) is 1. The molecule has 0 aromatic rings. The van der Waals surface area contributed by atoms with Gasteiger partial charge in [-0.3, -0.25) is 10.4 Å². The van der Waals surface area contributed by atoms with E-state index in [0.717, 1.165) is 44.5 Å². The highest BCUT2D eigenvalue weighted by molar-refractivity contribution is 5.79. The topological polar surface area (TPSA) is 62.9 Å². The molecule has 0 radical (unpaired) electrons. The van der Waals surface area contributed by atoms with E-state index in [0.29, 0.717) is 0 Å². The fourth-order valence-corrected chi connectivity index (χ4v) is 2.01. The largest absolute Gasteiger partial charge is 0.385 e. The fourth-order valence-electron chi connectivity index (χ4n) is 2.01. The third-order valence-corrected chi connectivity index (χ3v) is 2.85. The molecule has 1 heterocycles. The normalized spacial score (nSPS) is 22.3. The summed E-state index contributed by atoms with van der Waals surface area (Å²) in [5.74, 6) is 7.06. The Morgan fingerprint density at radius 3 is 3.06 bits per heavy atom. The SMILES string of the molecule is COCCCN=C(NN)N1CCCC(C)C1. The highest BCUT2D eigenvalue weighted by Gasteiger charge is 2.18. The number of rotatable bonds is 4. The number of likely N-dealkylation sites (tertiary alicyclic amines) is 1. The van der Waals surface area contributed by atoms with Crippen LogP contribution in [-0.4, -0.2) is 44.2 Å². The Morgan fingerprint density at radius 2 is 2.44 bits per heavy atom. The maximum atomic E-state index is 5.51. The second-order valence-corrected chi connectivity index (χ2v) is 4.39. The lowest BCUT2D eigenvalue weighted by atomic mass is 10.0. The van der Waals surface area contributed by atoms with Gasteiger partial charge in [-0.05, 0) is 25.2 Å². The van der Waals surface area contributed by atoms with E-state index in [2.05, 4.69) is 22.2 Å². The highest BCUT2D eigenvalue weighted by atomic mass is 16.5. The van der Waals surface area contributed by atoms with Crippen molar-refractivity contribution in [3.8, 4) is 0 Å². The first kappa shape index (κ1) is 13.3. The Kier molecular flexibility index (Phi) is 6.18. The van der Waals surface area contributed by atoms with E-state index in [1.165, 1.54) is 12.8 Å². The summed E-state index contributed by atoms with van der Waals surface area (Å²) in [5, 5.41) is 0. The van der Waals surface area contributed by atoms with Crippen molar-refractivity contribution in [2.75, 3.05) is 33.4 Å². The minimum atomic E-state index is 0.728. The van der Waals surface area contributed by atoms with E-state index in [-0.39, 0.29) is 0 Å². The monoisotopic (exact) mass is 228 g/mol. The van der Waals surface area contributed by atoms with Gasteiger partial charge in [0.25, 0.3) is 0 Å². The quantitative estimate of drug-likeness (QED) is 0.243. The molecule has 94 valence electrons. The smallest absolute Gasteiger partial charge is 0.208 e. The fraction of sp³-hybridized carbons (Fsp3) is 0.909. The molecule has 1 saturated heterocycles. The van der Waals surface area contributed by atoms with Gasteiger partial charge in [-0.15, -0.1) is 0 Å². The maximum absolute atomic E-state index is 5.51. The molecule has 1 unspecified atom stereocenters. The molecule has 1 atom stereocenters. The number of methoxy groups -OCH3 is 1. The van der Waals surface area contributed by atoms with Gasteiger partial charge >= 0.3 is 0 Å². The molecule has 0 bridgehead atoms. The van der Waals surface area contributed by atoms with E-state index in [1.807, 2.05) is 0 Å². The van der Waals surface area contributed by atoms with Crippen molar-refractivity contribution in [1.29, 1.82) is 0 Å². The molecular formula is C11H24N4O. The van der Waals surface area contributed by atoms with Crippen LogP contribution in [0.2, 0.25) is 0 Å². The van der Waals surface area contributed by atoms with Crippen LogP contribution in [0.5, 0.6) is 0 Å². The molecule has 5 nitrogen and oxygen atoms in total. The minimum Gasteiger partial charge on any atom is -0.385 e. The molecule has 0 spiro atoms. The van der Waals surface area contributed by atoms with Crippen molar-refractivity contribution in [2.45, 2.75) is 26.2 Å². The van der Waals surface area contributed by atoms with Crippen molar-refractivity contribution in [2.24, 2.45) is 16.8 Å². The Morgan fingerprint density at radius 1 is 1.62 bits per heavy atom. The molecule has 0 saturated carbocycles. The summed E-state index contributed by atoms with van der Waals surface area (Å²) in [7, 11) is 1.71. The Balaban J connectivity index is 2.39. The van der Waals surface area contributed by atoms with Crippen molar-refractivity contribution in [3.05, 3.63) is 0 Å². The number of ether oxygens (including phenoxy) is 1. The predicted octanol–water partition coefficient (Wildman–Crippen LogP) is 0.574. The van der Waals surface area contributed by atoms with Crippen LogP contribution in [0, 0.1) is 5.92 Å². The third kappa shape index (κ3) is 4.37. The van der Waals surface area contributed by atoms with Gasteiger partial charge in [0, 0.05) is 33.4 Å². The van der Waals surface area contributed by atoms with Crippen LogP contribution in [0.1, 0.15) is 26.2 Å². The van der Waals surface area contributed by atoms with Gasteiger partial charge in [0.05, 0.1) is 0 Å². The van der Waals surface area contributed by atoms with Crippen LogP contribution in [0.4, 0.5) is 0 Å². The number of hydrogen-bond acceptors (Lipinski definition) is 3. The molecule has 1 rings (SSSR count). The molecule has 1 aliphatic heterocycles. The molecule has 1 fully saturated rings. The predicted molar refractivity (Wildman–Crippen MR) is 66.1 cm³/mol. The molecule has 0 aromatic heterocycles. The van der Waals surface area contributed by atoms with Crippen molar-refractivity contribution in [3.63, 3.8) is 0 Å². The first-order chi connectivity index (χ1) is 7.77. The van der Waals surface area contributed by atoms with Crippen molar-refractivity contribution >= 4 is 5.96 Å². The number of piperidine rings is 1. The number of hydrazine groups is 1. The van der Waals surface area contributed by atoms with E-state index in [1.54, 1.807) is 7.11 Å². The van der Waals surface area contributed by atoms with Crippen LogP contribution in [0.3, 0.4) is 0 Å². The Bertz CT molecular complexity index is 220. The molecule has 1 aliphatic rings. The molecular weight excluding hydrogens is 204 g/mol. The van der Waals surface area contributed by atoms with Gasteiger partial charge in [0.2, 0.25) is 5.96 Å². The standard InChI is InChI=1S/C11H24N4O/c1-10-5-3-7-15(9-10)11(14-12)13-6-4-8-16-2/h10H,3-9,12H2,1-2H3,(H,13,14). The lowest BCUT2D eigenvalue weighted by molar-refractivity contribution is 0.196. The minimum absolute atomic E-state index is 0.728. The summed E-state index contributed by atoms with van der Waals surface area (Å²) in [6.45, 7) is 5.88. The lowest BCUT2D eigenvalue weighted by Crippen LogP contribution is -2.48. The van der Waals surface area contributed by atoms with E-state index in [9.17, 15) is 0 Å². The molecule has 0 aliphatic carbocycles. The van der Waals surface area contributed by atoms with Gasteiger partial charge in [-0.25, -0.2) is 5.84 Å². The highest BCUT2D eigenvalue weighted by Crippen LogP contribution is 2.15. The van der Waals surface area contributed by atoms with Gasteiger partial charge in [0.1, 0.15) is 0 Å². The van der Waals surface area contributed by atoms with Crippen LogP contribution < -0.4 is 11.3 Å². The number of nitrogens with two attached hydrogens (primary N) is 1.